The molecule has 3 aliphatic carbocycles. The Morgan fingerprint density at radius 2 is 1.55 bits per heavy atom. The van der Waals surface area contributed by atoms with Crippen molar-refractivity contribution in [3.05, 3.63) is 42.0 Å². The smallest absolute Gasteiger partial charge is 0.144 e. The lowest BCUT2D eigenvalue weighted by Crippen LogP contribution is -2.37. The first-order valence-electron chi connectivity index (χ1n) is 7.06. The van der Waals surface area contributed by atoms with Crippen LogP contribution in [0.1, 0.15) is 18.4 Å². The Bertz CT molecular complexity index is 598. The van der Waals surface area contributed by atoms with Crippen LogP contribution in [0.3, 0.4) is 0 Å². The molecule has 0 radical (unpaired) electrons. The lowest BCUT2D eigenvalue weighted by Gasteiger charge is -2.34. The van der Waals surface area contributed by atoms with E-state index in [1.54, 1.807) is 7.11 Å². The van der Waals surface area contributed by atoms with E-state index < -0.39 is 5.92 Å². The number of allylic oxidation sites excluding steroid dienone is 2. The molecule has 0 amide bonds. The van der Waals surface area contributed by atoms with Crippen LogP contribution in [0.5, 0.6) is 5.75 Å². The standard InChI is InChI=1S/C17H16O3/c1-20-13-6-4-10(5-7-13)17-11-2-3-12(17)9-15(19)16(17)14(18)8-11/h2-7,11-12,16H,8-9H2,1H3. The summed E-state index contributed by atoms with van der Waals surface area (Å²) < 4.78 is 5.20. The molecule has 3 nitrogen and oxygen atoms in total. The van der Waals surface area contributed by atoms with Crippen molar-refractivity contribution in [2.75, 3.05) is 7.11 Å². The van der Waals surface area contributed by atoms with Gasteiger partial charge in [-0.2, -0.15) is 0 Å². The highest BCUT2D eigenvalue weighted by molar-refractivity contribution is 6.09. The van der Waals surface area contributed by atoms with Crippen LogP contribution in [0.4, 0.5) is 0 Å². The van der Waals surface area contributed by atoms with Crippen molar-refractivity contribution in [3.8, 4) is 5.75 Å². The van der Waals surface area contributed by atoms with Crippen LogP contribution < -0.4 is 4.74 Å². The minimum absolute atomic E-state index is 0.127. The zero-order chi connectivity index (χ0) is 13.9. The van der Waals surface area contributed by atoms with Crippen LogP contribution in [-0.4, -0.2) is 18.7 Å². The van der Waals surface area contributed by atoms with E-state index in [4.69, 9.17) is 4.74 Å². The SMILES string of the molecule is COc1ccc(C23C4C=CC2CC(=O)C3C(=O)C4)cc1. The van der Waals surface area contributed by atoms with E-state index in [0.29, 0.717) is 12.8 Å². The highest BCUT2D eigenvalue weighted by Crippen LogP contribution is 2.62. The van der Waals surface area contributed by atoms with Gasteiger partial charge >= 0.3 is 0 Å². The van der Waals surface area contributed by atoms with Crippen LogP contribution in [0.25, 0.3) is 0 Å². The second-order valence-corrected chi connectivity index (χ2v) is 6.03. The third kappa shape index (κ3) is 1.21. The van der Waals surface area contributed by atoms with Crippen molar-refractivity contribution in [3.63, 3.8) is 0 Å². The summed E-state index contributed by atoms with van der Waals surface area (Å²) in [6.07, 6.45) is 5.32. The second kappa shape index (κ2) is 3.81. The predicted molar refractivity (Wildman–Crippen MR) is 73.5 cm³/mol. The lowest BCUT2D eigenvalue weighted by atomic mass is 9.67. The van der Waals surface area contributed by atoms with E-state index >= 15 is 0 Å². The lowest BCUT2D eigenvalue weighted by molar-refractivity contribution is -0.130. The summed E-state index contributed by atoms with van der Waals surface area (Å²) in [6, 6.07) is 7.89. The monoisotopic (exact) mass is 268 g/mol. The van der Waals surface area contributed by atoms with E-state index in [1.807, 2.05) is 24.3 Å². The fourth-order valence-corrected chi connectivity index (χ4v) is 4.62. The number of Topliss-reactive ketones (excluding diaryl/α,β-unsaturated/α-hetero) is 2. The molecule has 0 spiro atoms. The van der Waals surface area contributed by atoms with Gasteiger partial charge in [-0.25, -0.2) is 0 Å². The van der Waals surface area contributed by atoms with E-state index in [9.17, 15) is 9.59 Å². The molecule has 1 aromatic carbocycles. The molecule has 0 saturated heterocycles. The molecule has 2 atom stereocenters. The summed E-state index contributed by atoms with van der Waals surface area (Å²) >= 11 is 0. The normalized spacial score (nSPS) is 37.5. The number of ether oxygens (including phenoxy) is 1. The van der Waals surface area contributed by atoms with E-state index in [-0.39, 0.29) is 28.8 Å². The largest absolute Gasteiger partial charge is 0.497 e. The topological polar surface area (TPSA) is 43.4 Å². The number of hydrogen-bond donors (Lipinski definition) is 0. The number of carbonyl (C=O) groups is 2. The summed E-state index contributed by atoms with van der Waals surface area (Å²) in [5.41, 5.74) is 0.806. The molecule has 0 bridgehead atoms. The van der Waals surface area contributed by atoms with Crippen LogP contribution >= 0.6 is 0 Å². The Morgan fingerprint density at radius 3 is 2.05 bits per heavy atom. The number of methoxy groups -OCH3 is 1. The molecule has 1 aromatic rings. The van der Waals surface area contributed by atoms with Crippen LogP contribution in [-0.2, 0) is 15.0 Å². The number of benzene rings is 1. The van der Waals surface area contributed by atoms with Gasteiger partial charge in [0.2, 0.25) is 0 Å². The molecule has 102 valence electrons. The van der Waals surface area contributed by atoms with Crippen LogP contribution in [0.2, 0.25) is 0 Å². The van der Waals surface area contributed by atoms with E-state index in [1.165, 1.54) is 0 Å². The fraction of sp³-hybridized carbons (Fsp3) is 0.412. The van der Waals surface area contributed by atoms with Crippen molar-refractivity contribution >= 4 is 11.6 Å². The first kappa shape index (κ1) is 11.9. The highest BCUT2D eigenvalue weighted by Gasteiger charge is 2.66. The minimum atomic E-state index is -0.430. The van der Waals surface area contributed by atoms with Crippen molar-refractivity contribution in [1.29, 1.82) is 0 Å². The average molecular weight is 268 g/mol. The molecule has 4 rings (SSSR count). The van der Waals surface area contributed by atoms with Gasteiger partial charge in [-0.05, 0) is 29.5 Å². The third-order valence-corrected chi connectivity index (χ3v) is 5.36. The van der Waals surface area contributed by atoms with Gasteiger partial charge in [-0.1, -0.05) is 24.3 Å². The molecular weight excluding hydrogens is 252 g/mol. The number of ketones is 2. The van der Waals surface area contributed by atoms with Crippen molar-refractivity contribution < 1.29 is 14.3 Å². The van der Waals surface area contributed by atoms with Crippen molar-refractivity contribution in [1.82, 2.24) is 0 Å². The van der Waals surface area contributed by atoms with Crippen LogP contribution in [0.15, 0.2) is 36.4 Å². The molecule has 2 unspecified atom stereocenters. The maximum atomic E-state index is 12.3. The Labute approximate surface area is 117 Å². The van der Waals surface area contributed by atoms with Gasteiger partial charge in [0.1, 0.15) is 17.3 Å². The summed E-state index contributed by atoms with van der Waals surface area (Å²) in [6.45, 7) is 0. The summed E-state index contributed by atoms with van der Waals surface area (Å²) in [4.78, 5) is 24.6. The minimum Gasteiger partial charge on any atom is -0.497 e. The van der Waals surface area contributed by atoms with Gasteiger partial charge < -0.3 is 4.74 Å². The van der Waals surface area contributed by atoms with Gasteiger partial charge in [-0.15, -0.1) is 0 Å². The second-order valence-electron chi connectivity index (χ2n) is 6.03. The van der Waals surface area contributed by atoms with Gasteiger partial charge in [0.25, 0.3) is 0 Å². The Hall–Kier alpha value is -1.90. The van der Waals surface area contributed by atoms with Crippen molar-refractivity contribution in [2.24, 2.45) is 17.8 Å². The maximum Gasteiger partial charge on any atom is 0.144 e. The maximum absolute atomic E-state index is 12.3. The molecule has 0 N–H and O–H groups in total. The summed E-state index contributed by atoms with van der Waals surface area (Å²) in [7, 11) is 1.64. The Morgan fingerprint density at radius 1 is 1.00 bits per heavy atom. The third-order valence-electron chi connectivity index (χ3n) is 5.36. The molecule has 2 saturated carbocycles. The molecule has 0 aromatic heterocycles. The molecule has 20 heavy (non-hydrogen) atoms. The van der Waals surface area contributed by atoms with Gasteiger partial charge in [-0.3, -0.25) is 9.59 Å². The zero-order valence-electron chi connectivity index (χ0n) is 11.3. The van der Waals surface area contributed by atoms with Crippen molar-refractivity contribution in [2.45, 2.75) is 18.3 Å². The average Bonchev–Trinajstić information content (AvgIpc) is 3.04. The van der Waals surface area contributed by atoms with Gasteiger partial charge in [0.15, 0.2) is 0 Å². The predicted octanol–water partition coefficient (Wildman–Crippen LogP) is 2.30. The zero-order valence-corrected chi connectivity index (χ0v) is 11.3. The van der Waals surface area contributed by atoms with Gasteiger partial charge in [0, 0.05) is 18.3 Å². The molecule has 0 heterocycles. The van der Waals surface area contributed by atoms with E-state index in [2.05, 4.69) is 12.2 Å². The number of hydrogen-bond acceptors (Lipinski definition) is 3. The molecule has 3 aliphatic rings. The highest BCUT2D eigenvalue weighted by atomic mass is 16.5. The number of rotatable bonds is 2. The first-order valence-corrected chi connectivity index (χ1v) is 7.06. The first-order chi connectivity index (χ1) is 9.67. The Balaban J connectivity index is 1.89. The molecule has 3 heteroatoms. The molecule has 0 aliphatic heterocycles. The molecular formula is C17H16O3. The number of carbonyl (C=O) groups excluding carboxylic acids is 2. The van der Waals surface area contributed by atoms with Crippen LogP contribution in [0, 0.1) is 17.8 Å². The summed E-state index contributed by atoms with van der Waals surface area (Å²) in [5, 5.41) is 0. The van der Waals surface area contributed by atoms with Gasteiger partial charge in [0.05, 0.1) is 13.0 Å². The van der Waals surface area contributed by atoms with E-state index in [0.717, 1.165) is 11.3 Å². The summed E-state index contributed by atoms with van der Waals surface area (Å²) in [5.74, 6) is 0.997. The Kier molecular flexibility index (Phi) is 2.27. The molecule has 2 fully saturated rings. The fourth-order valence-electron chi connectivity index (χ4n) is 4.62. The quantitative estimate of drug-likeness (QED) is 0.610.